The van der Waals surface area contributed by atoms with E-state index in [1.54, 1.807) is 13.2 Å². The van der Waals surface area contributed by atoms with Crippen LogP contribution in [0, 0.1) is 0 Å². The molecule has 3 amide bonds. The van der Waals surface area contributed by atoms with Gasteiger partial charge in [0, 0.05) is 50.2 Å². The van der Waals surface area contributed by atoms with E-state index in [1.807, 2.05) is 67.8 Å². The van der Waals surface area contributed by atoms with E-state index in [9.17, 15) is 9.59 Å². The number of benzene rings is 1. The average Bonchev–Trinajstić information content (AvgIpc) is 3.47. The van der Waals surface area contributed by atoms with E-state index >= 15 is 0 Å². The summed E-state index contributed by atoms with van der Waals surface area (Å²) in [5.41, 5.74) is 2.88. The van der Waals surface area contributed by atoms with E-state index in [0.717, 1.165) is 41.4 Å². The van der Waals surface area contributed by atoms with Gasteiger partial charge < -0.3 is 20.1 Å². The number of amides is 3. The summed E-state index contributed by atoms with van der Waals surface area (Å²) >= 11 is 0. The van der Waals surface area contributed by atoms with Crippen LogP contribution in [0.25, 0.3) is 5.65 Å². The van der Waals surface area contributed by atoms with Gasteiger partial charge >= 0.3 is 6.03 Å². The van der Waals surface area contributed by atoms with Gasteiger partial charge in [-0.3, -0.25) is 19.4 Å². The molecule has 4 aromatic rings. The fourth-order valence-electron chi connectivity index (χ4n) is 6.21. The molecule has 0 spiro atoms. The number of hydrogen-bond acceptors (Lipinski definition) is 9. The summed E-state index contributed by atoms with van der Waals surface area (Å²) in [6.45, 7) is 15.2. The van der Waals surface area contributed by atoms with Crippen LogP contribution in [0.4, 0.5) is 10.6 Å². The van der Waals surface area contributed by atoms with Crippen molar-refractivity contribution in [1.82, 2.24) is 40.1 Å². The van der Waals surface area contributed by atoms with Crippen LogP contribution in [0.3, 0.4) is 0 Å². The molecule has 1 aliphatic heterocycles. The molecule has 260 valence electrons. The lowest BCUT2D eigenvalue weighted by Crippen LogP contribution is -2.53. The van der Waals surface area contributed by atoms with E-state index in [-0.39, 0.29) is 46.6 Å². The van der Waals surface area contributed by atoms with Crippen LogP contribution in [0.5, 0.6) is 5.75 Å². The highest BCUT2D eigenvalue weighted by Crippen LogP contribution is 2.39. The number of aromatic nitrogens is 5. The molecular weight excluding hydrogens is 622 g/mol. The summed E-state index contributed by atoms with van der Waals surface area (Å²) in [4.78, 5) is 37.6. The molecule has 2 aliphatic rings. The Kier molecular flexibility index (Phi) is 9.58. The molecule has 0 unspecified atom stereocenters. The fraction of sp³-hybridized carbons (Fsp3) is 0.500. The van der Waals surface area contributed by atoms with Crippen LogP contribution in [0.15, 0.2) is 48.7 Å². The van der Waals surface area contributed by atoms with Crippen LogP contribution in [-0.2, 0) is 15.6 Å². The molecule has 13 nitrogen and oxygen atoms in total. The van der Waals surface area contributed by atoms with Crippen LogP contribution in [0.2, 0.25) is 0 Å². The molecule has 1 saturated heterocycles. The Balaban J connectivity index is 1.13. The largest absolute Gasteiger partial charge is 0.484 e. The quantitative estimate of drug-likeness (QED) is 0.225. The van der Waals surface area contributed by atoms with Crippen molar-refractivity contribution < 1.29 is 19.1 Å². The van der Waals surface area contributed by atoms with E-state index in [4.69, 9.17) is 9.47 Å². The van der Waals surface area contributed by atoms with Crippen molar-refractivity contribution >= 4 is 23.4 Å². The van der Waals surface area contributed by atoms with E-state index < -0.39 is 6.03 Å². The first kappa shape index (κ1) is 34.3. The SMILES string of the molecule is COC1CN(CCNC(=O)c2nc(NC(=O)N[C@H]3CC[C@@H](Oc4ccc5nnc(C(C)(C)C)n5c4)c4ccccc43)cc(C(C)(C)C)n2)C1. The van der Waals surface area contributed by atoms with Crippen molar-refractivity contribution in [1.29, 1.82) is 0 Å². The Labute approximate surface area is 287 Å². The third kappa shape index (κ3) is 7.83. The van der Waals surface area contributed by atoms with E-state index in [1.165, 1.54) is 0 Å². The molecular formula is C36H47N9O4. The first-order chi connectivity index (χ1) is 23.3. The number of carbonyl (C=O) groups excluding carboxylic acids is 2. The zero-order chi connectivity index (χ0) is 34.9. The fourth-order valence-corrected chi connectivity index (χ4v) is 6.21. The monoisotopic (exact) mass is 669 g/mol. The molecule has 2 atom stereocenters. The van der Waals surface area contributed by atoms with Gasteiger partial charge in [0.1, 0.15) is 23.5 Å². The minimum Gasteiger partial charge on any atom is -0.484 e. The van der Waals surface area contributed by atoms with Gasteiger partial charge in [-0.15, -0.1) is 10.2 Å². The highest BCUT2D eigenvalue weighted by atomic mass is 16.5. The molecule has 4 heterocycles. The molecule has 6 rings (SSSR count). The summed E-state index contributed by atoms with van der Waals surface area (Å²) < 4.78 is 13.8. The maximum atomic E-state index is 13.4. The molecule has 0 radical (unpaired) electrons. The number of pyridine rings is 1. The Bertz CT molecular complexity index is 1820. The predicted octanol–water partition coefficient (Wildman–Crippen LogP) is 4.95. The maximum Gasteiger partial charge on any atom is 0.320 e. The summed E-state index contributed by atoms with van der Waals surface area (Å²) in [6, 6.07) is 12.9. The van der Waals surface area contributed by atoms with Gasteiger partial charge in [-0.2, -0.15) is 0 Å². The Morgan fingerprint density at radius 3 is 2.41 bits per heavy atom. The number of rotatable bonds is 9. The number of urea groups is 1. The molecule has 3 aromatic heterocycles. The Hall–Kier alpha value is -4.62. The number of carbonyl (C=O) groups is 2. The number of methoxy groups -OCH3 is 1. The molecule has 13 heteroatoms. The first-order valence-corrected chi connectivity index (χ1v) is 16.9. The smallest absolute Gasteiger partial charge is 0.320 e. The average molecular weight is 670 g/mol. The summed E-state index contributed by atoms with van der Waals surface area (Å²) in [5, 5.41) is 17.6. The number of nitrogens with zero attached hydrogens (tertiary/aromatic N) is 6. The standard InChI is InChI=1S/C36H47N9O4/c1-35(2,3)28-18-29(40-31(39-28)32(46)37-16-17-44-19-23(20-44)48-7)41-34(47)38-26-13-14-27(25-11-9-8-10-24(25)26)49-22-12-15-30-42-43-33(36(4,5)6)45(30)21-22/h8-12,15,18,21,23,26-27H,13-14,16-17,19-20H2,1-7H3,(H,37,46)(H2,38,39,40,41,47)/t26-,27+/m0/s1. The van der Waals surface area contributed by atoms with E-state index in [2.05, 4.69) is 61.8 Å². The molecule has 1 aliphatic carbocycles. The second kappa shape index (κ2) is 13.7. The predicted molar refractivity (Wildman–Crippen MR) is 186 cm³/mol. The van der Waals surface area contributed by atoms with Crippen LogP contribution >= 0.6 is 0 Å². The minimum absolute atomic E-state index is 0.0170. The van der Waals surface area contributed by atoms with E-state index in [0.29, 0.717) is 31.6 Å². The zero-order valence-electron chi connectivity index (χ0n) is 29.4. The third-order valence-electron chi connectivity index (χ3n) is 8.98. The third-order valence-corrected chi connectivity index (χ3v) is 8.98. The minimum atomic E-state index is -0.415. The Morgan fingerprint density at radius 1 is 0.939 bits per heavy atom. The normalized spacial score (nSPS) is 18.4. The molecule has 0 saturated carbocycles. The zero-order valence-corrected chi connectivity index (χ0v) is 29.4. The van der Waals surface area contributed by atoms with Crippen molar-refractivity contribution in [3.05, 3.63) is 77.1 Å². The molecule has 49 heavy (non-hydrogen) atoms. The van der Waals surface area contributed by atoms with Crippen molar-refractivity contribution in [2.24, 2.45) is 0 Å². The first-order valence-electron chi connectivity index (χ1n) is 16.9. The Morgan fingerprint density at radius 2 is 1.69 bits per heavy atom. The molecule has 1 aromatic carbocycles. The second-order valence-corrected chi connectivity index (χ2v) is 14.9. The van der Waals surface area contributed by atoms with Gasteiger partial charge in [-0.1, -0.05) is 65.8 Å². The molecule has 0 bridgehead atoms. The number of ether oxygens (including phenoxy) is 2. The van der Waals surface area contributed by atoms with Crippen LogP contribution < -0.4 is 20.7 Å². The number of hydrogen-bond donors (Lipinski definition) is 3. The number of nitrogens with one attached hydrogen (secondary N) is 3. The number of likely N-dealkylation sites (tertiary alicyclic amines) is 1. The summed E-state index contributed by atoms with van der Waals surface area (Å²) in [6.07, 6.45) is 3.38. The molecule has 1 fully saturated rings. The highest BCUT2D eigenvalue weighted by Gasteiger charge is 2.31. The van der Waals surface area contributed by atoms with Gasteiger partial charge in [-0.05, 0) is 36.1 Å². The lowest BCUT2D eigenvalue weighted by Gasteiger charge is -2.38. The molecule has 3 N–H and O–H groups in total. The van der Waals surface area contributed by atoms with Gasteiger partial charge in [0.05, 0.1) is 24.0 Å². The summed E-state index contributed by atoms with van der Waals surface area (Å²) in [7, 11) is 1.71. The van der Waals surface area contributed by atoms with Gasteiger partial charge in [0.25, 0.3) is 5.91 Å². The highest BCUT2D eigenvalue weighted by molar-refractivity contribution is 5.92. The lowest BCUT2D eigenvalue weighted by atomic mass is 9.85. The topological polar surface area (TPSA) is 148 Å². The van der Waals surface area contributed by atoms with Gasteiger partial charge in [0.15, 0.2) is 5.65 Å². The number of anilines is 1. The number of fused-ring (bicyclic) bond motifs is 2. The van der Waals surface area contributed by atoms with Crippen molar-refractivity contribution in [2.75, 3.05) is 38.6 Å². The van der Waals surface area contributed by atoms with Gasteiger partial charge in [-0.25, -0.2) is 14.8 Å². The van der Waals surface area contributed by atoms with Gasteiger partial charge in [0.2, 0.25) is 5.82 Å². The van der Waals surface area contributed by atoms with Crippen LogP contribution in [-0.4, -0.2) is 80.8 Å². The van der Waals surface area contributed by atoms with Crippen molar-refractivity contribution in [2.45, 2.75) is 83.5 Å². The lowest BCUT2D eigenvalue weighted by molar-refractivity contribution is -0.0281. The van der Waals surface area contributed by atoms with Crippen molar-refractivity contribution in [3.63, 3.8) is 0 Å². The second-order valence-electron chi connectivity index (χ2n) is 14.9. The summed E-state index contributed by atoms with van der Waals surface area (Å²) in [5.74, 6) is 1.48. The maximum absolute atomic E-state index is 13.4. The van der Waals surface area contributed by atoms with Crippen LogP contribution in [0.1, 0.15) is 99.8 Å². The van der Waals surface area contributed by atoms with Crippen molar-refractivity contribution in [3.8, 4) is 5.75 Å².